The lowest BCUT2D eigenvalue weighted by Crippen LogP contribution is -2.69. The molecule has 0 aromatic heterocycles. The van der Waals surface area contributed by atoms with E-state index in [1.54, 1.807) is 0 Å². The van der Waals surface area contributed by atoms with Gasteiger partial charge in [-0.3, -0.25) is 0 Å². The van der Waals surface area contributed by atoms with Gasteiger partial charge in [0.15, 0.2) is 0 Å². The van der Waals surface area contributed by atoms with Crippen LogP contribution in [0.4, 0.5) is 0 Å². The lowest BCUT2D eigenvalue weighted by atomic mass is 9.40. The van der Waals surface area contributed by atoms with Gasteiger partial charge in [-0.2, -0.15) is 0 Å². The first-order chi connectivity index (χ1) is 16.5. The Morgan fingerprint density at radius 3 is 2.31 bits per heavy atom. The SMILES string of the molecule is CC(C)CCC[C@@H](C)[C@H]1CC[C@H]2[C@@H]3CC(C(N)CCCN)C4(O)CC(O)CC[C@]4(C)[C@H]3CC[C@]12C. The molecule has 0 amide bonds. The van der Waals surface area contributed by atoms with E-state index in [0.29, 0.717) is 30.2 Å². The first-order valence-electron chi connectivity index (χ1n) is 15.3. The van der Waals surface area contributed by atoms with Crippen molar-refractivity contribution in [2.24, 2.45) is 63.7 Å². The smallest absolute Gasteiger partial charge is 0.0771 e. The number of aliphatic hydroxyl groups is 2. The molecule has 4 unspecified atom stereocenters. The van der Waals surface area contributed by atoms with Crippen LogP contribution in [0.15, 0.2) is 0 Å². The lowest BCUT2D eigenvalue weighted by molar-refractivity contribution is -0.251. The number of rotatable bonds is 9. The summed E-state index contributed by atoms with van der Waals surface area (Å²) >= 11 is 0. The second kappa shape index (κ2) is 10.5. The number of fused-ring (bicyclic) bond motifs is 5. The Bertz CT molecular complexity index is 714. The van der Waals surface area contributed by atoms with Crippen LogP contribution in [0.1, 0.15) is 118 Å². The maximum Gasteiger partial charge on any atom is 0.0771 e. The third-order valence-corrected chi connectivity index (χ3v) is 12.4. The second-order valence-corrected chi connectivity index (χ2v) is 14.6. The summed E-state index contributed by atoms with van der Waals surface area (Å²) in [4.78, 5) is 0. The first-order valence-corrected chi connectivity index (χ1v) is 15.3. The molecule has 4 aliphatic carbocycles. The fraction of sp³-hybridized carbons (Fsp3) is 1.00. The molecule has 4 rings (SSSR count). The Balaban J connectivity index is 1.59. The summed E-state index contributed by atoms with van der Waals surface area (Å²) in [6.45, 7) is 12.9. The zero-order valence-corrected chi connectivity index (χ0v) is 23.6. The Hall–Kier alpha value is -0.160. The standard InChI is InChI=1S/C31H58N2O2/c1-20(2)8-6-9-21(3)24-11-12-25-23-18-27(28(33)10-7-17-32)31(35)19-22(34)13-16-30(31,5)26(23)14-15-29(24,25)4/h20-28,34-35H,6-19,32-33H2,1-5H3/t21-,22?,23+,24-,25+,26+,27?,28?,29-,30-,31?/m1/s1. The van der Waals surface area contributed by atoms with Crippen molar-refractivity contribution in [1.82, 2.24) is 0 Å². The van der Waals surface area contributed by atoms with Crippen molar-refractivity contribution < 1.29 is 10.2 Å². The van der Waals surface area contributed by atoms with Crippen LogP contribution in [-0.4, -0.2) is 34.5 Å². The summed E-state index contributed by atoms with van der Waals surface area (Å²) in [6, 6.07) is -0.0329. The van der Waals surface area contributed by atoms with Gasteiger partial charge >= 0.3 is 0 Å². The van der Waals surface area contributed by atoms with E-state index in [4.69, 9.17) is 11.5 Å². The van der Waals surface area contributed by atoms with Crippen LogP contribution in [0.25, 0.3) is 0 Å². The quantitative estimate of drug-likeness (QED) is 0.325. The van der Waals surface area contributed by atoms with Crippen LogP contribution in [0.3, 0.4) is 0 Å². The molecule has 0 saturated heterocycles. The molecule has 6 N–H and O–H groups in total. The van der Waals surface area contributed by atoms with Gasteiger partial charge in [-0.25, -0.2) is 0 Å². The topological polar surface area (TPSA) is 92.5 Å². The lowest BCUT2D eigenvalue weighted by Gasteiger charge is -2.67. The molecule has 204 valence electrons. The molecule has 4 fully saturated rings. The van der Waals surface area contributed by atoms with Crippen molar-refractivity contribution in [3.8, 4) is 0 Å². The summed E-state index contributed by atoms with van der Waals surface area (Å²) in [6.07, 6.45) is 14.1. The van der Waals surface area contributed by atoms with Gasteiger partial charge in [0.05, 0.1) is 11.7 Å². The molecule has 4 heteroatoms. The maximum absolute atomic E-state index is 12.4. The van der Waals surface area contributed by atoms with E-state index >= 15 is 0 Å². The average molecular weight is 491 g/mol. The van der Waals surface area contributed by atoms with Crippen LogP contribution in [0.2, 0.25) is 0 Å². The largest absolute Gasteiger partial charge is 0.393 e. The number of hydrogen-bond donors (Lipinski definition) is 4. The van der Waals surface area contributed by atoms with Gasteiger partial charge in [0, 0.05) is 18.4 Å². The van der Waals surface area contributed by atoms with E-state index in [0.717, 1.165) is 55.8 Å². The minimum absolute atomic E-state index is 0.0329. The molecule has 0 spiro atoms. The fourth-order valence-corrected chi connectivity index (χ4v) is 10.5. The molecule has 11 atom stereocenters. The van der Waals surface area contributed by atoms with Crippen LogP contribution in [0.5, 0.6) is 0 Å². The van der Waals surface area contributed by atoms with Gasteiger partial charge in [0.2, 0.25) is 0 Å². The number of aliphatic hydroxyl groups excluding tert-OH is 1. The third-order valence-electron chi connectivity index (χ3n) is 12.4. The molecule has 0 radical (unpaired) electrons. The first kappa shape index (κ1) is 27.9. The van der Waals surface area contributed by atoms with E-state index < -0.39 is 11.7 Å². The zero-order chi connectivity index (χ0) is 25.6. The van der Waals surface area contributed by atoms with Crippen molar-refractivity contribution in [2.45, 2.75) is 136 Å². The zero-order valence-electron chi connectivity index (χ0n) is 23.6. The molecule has 35 heavy (non-hydrogen) atoms. The summed E-state index contributed by atoms with van der Waals surface area (Å²) in [5, 5.41) is 23.1. The Labute approximate surface area is 216 Å². The minimum atomic E-state index is -0.851. The molecule has 0 heterocycles. The fourth-order valence-electron chi connectivity index (χ4n) is 10.5. The average Bonchev–Trinajstić information content (AvgIpc) is 3.15. The normalized spacial score (nSPS) is 47.1. The second-order valence-electron chi connectivity index (χ2n) is 14.6. The van der Waals surface area contributed by atoms with Gasteiger partial charge in [-0.05, 0) is 111 Å². The van der Waals surface area contributed by atoms with Crippen LogP contribution in [-0.2, 0) is 0 Å². The van der Waals surface area contributed by atoms with Crippen molar-refractivity contribution >= 4 is 0 Å². The van der Waals surface area contributed by atoms with Gasteiger partial charge in [-0.1, -0.05) is 53.9 Å². The van der Waals surface area contributed by atoms with E-state index in [9.17, 15) is 10.2 Å². The summed E-state index contributed by atoms with van der Waals surface area (Å²) in [5.74, 6) is 4.51. The minimum Gasteiger partial charge on any atom is -0.393 e. The molecule has 4 nitrogen and oxygen atoms in total. The van der Waals surface area contributed by atoms with Crippen molar-refractivity contribution in [3.05, 3.63) is 0 Å². The summed E-state index contributed by atoms with van der Waals surface area (Å²) < 4.78 is 0. The predicted molar refractivity (Wildman–Crippen MR) is 146 cm³/mol. The number of nitrogens with two attached hydrogens (primary N) is 2. The van der Waals surface area contributed by atoms with Gasteiger partial charge in [0.1, 0.15) is 0 Å². The predicted octanol–water partition coefficient (Wildman–Crippen LogP) is 5.88. The van der Waals surface area contributed by atoms with Crippen molar-refractivity contribution in [2.75, 3.05) is 6.54 Å². The van der Waals surface area contributed by atoms with Crippen molar-refractivity contribution in [3.63, 3.8) is 0 Å². The maximum atomic E-state index is 12.4. The molecule has 0 aliphatic heterocycles. The highest BCUT2D eigenvalue weighted by molar-refractivity contribution is 5.18. The number of hydrogen-bond acceptors (Lipinski definition) is 4. The molecule has 0 bridgehead atoms. The molecule has 4 aliphatic rings. The van der Waals surface area contributed by atoms with Gasteiger partial charge in [-0.15, -0.1) is 0 Å². The van der Waals surface area contributed by atoms with Crippen LogP contribution < -0.4 is 11.5 Å². The Kier molecular flexibility index (Phi) is 8.39. The summed E-state index contributed by atoms with van der Waals surface area (Å²) in [5.41, 5.74) is 12.2. The Morgan fingerprint density at radius 1 is 0.886 bits per heavy atom. The van der Waals surface area contributed by atoms with E-state index in [-0.39, 0.29) is 17.4 Å². The highest BCUT2D eigenvalue weighted by Gasteiger charge is 2.68. The van der Waals surface area contributed by atoms with E-state index in [2.05, 4.69) is 34.6 Å². The Morgan fingerprint density at radius 2 is 1.63 bits per heavy atom. The summed E-state index contributed by atoms with van der Waals surface area (Å²) in [7, 11) is 0. The molecular weight excluding hydrogens is 432 g/mol. The van der Waals surface area contributed by atoms with E-state index in [1.807, 2.05) is 0 Å². The van der Waals surface area contributed by atoms with Crippen LogP contribution in [0, 0.1) is 52.3 Å². The van der Waals surface area contributed by atoms with Crippen molar-refractivity contribution in [1.29, 1.82) is 0 Å². The molecular formula is C31H58N2O2. The monoisotopic (exact) mass is 490 g/mol. The van der Waals surface area contributed by atoms with Gasteiger partial charge < -0.3 is 21.7 Å². The van der Waals surface area contributed by atoms with E-state index in [1.165, 1.54) is 44.9 Å². The highest BCUT2D eigenvalue weighted by Crippen LogP contribution is 2.70. The molecule has 0 aromatic carbocycles. The third kappa shape index (κ3) is 4.77. The van der Waals surface area contributed by atoms with Crippen LogP contribution >= 0.6 is 0 Å². The van der Waals surface area contributed by atoms with Gasteiger partial charge in [0.25, 0.3) is 0 Å². The highest BCUT2D eigenvalue weighted by atomic mass is 16.3. The molecule has 0 aromatic rings. The molecule has 4 saturated carbocycles.